The molecule has 1 N–H and O–H groups in total. The molecule has 0 saturated carbocycles. The van der Waals surface area contributed by atoms with Crippen LogP contribution in [0.2, 0.25) is 0 Å². The fourth-order valence-electron chi connectivity index (χ4n) is 2.19. The number of nitrogens with zero attached hydrogens (tertiary/aromatic N) is 3. The summed E-state index contributed by atoms with van der Waals surface area (Å²) in [7, 11) is 1.79. The summed E-state index contributed by atoms with van der Waals surface area (Å²) in [6, 6.07) is 9.30. The quantitative estimate of drug-likeness (QED) is 0.689. The van der Waals surface area contributed by atoms with Gasteiger partial charge in [0, 0.05) is 36.3 Å². The van der Waals surface area contributed by atoms with Crippen molar-refractivity contribution in [2.24, 2.45) is 7.05 Å². The monoisotopic (exact) mass is 354 g/mol. The Morgan fingerprint density at radius 3 is 2.92 bits per heavy atom. The molecule has 3 rings (SSSR count). The Hall–Kier alpha value is -2.93. The first-order chi connectivity index (χ1) is 12.1. The van der Waals surface area contributed by atoms with Crippen LogP contribution in [0.1, 0.15) is 16.3 Å². The number of ether oxygens (including phenoxy) is 1. The first-order valence-electron chi connectivity index (χ1n) is 7.72. The number of benzene rings is 1. The summed E-state index contributed by atoms with van der Waals surface area (Å²) in [5.74, 6) is 0.972. The highest BCUT2D eigenvalue weighted by atomic mass is 32.1. The van der Waals surface area contributed by atoms with E-state index in [0.717, 1.165) is 16.3 Å². The molecule has 3 aromatic rings. The second-order valence-corrected chi connectivity index (χ2v) is 6.44. The van der Waals surface area contributed by atoms with E-state index in [1.807, 2.05) is 36.6 Å². The Balaban J connectivity index is 1.64. The molecule has 0 saturated heterocycles. The van der Waals surface area contributed by atoms with Gasteiger partial charge in [0.15, 0.2) is 5.82 Å². The Morgan fingerprint density at radius 1 is 1.36 bits per heavy atom. The van der Waals surface area contributed by atoms with Crippen molar-refractivity contribution in [2.75, 3.05) is 5.32 Å². The van der Waals surface area contributed by atoms with Crippen LogP contribution >= 0.6 is 11.3 Å². The molecule has 0 bridgehead atoms. The number of aryl methyl sites for hydroxylation is 2. The average molecular weight is 354 g/mol. The summed E-state index contributed by atoms with van der Waals surface area (Å²) in [5, 5.41) is 9.81. The van der Waals surface area contributed by atoms with Crippen LogP contribution in [0.3, 0.4) is 0 Å². The normalized spacial score (nSPS) is 11.0. The van der Waals surface area contributed by atoms with Gasteiger partial charge >= 0.3 is 0 Å². The van der Waals surface area contributed by atoms with Gasteiger partial charge in [-0.05, 0) is 19.1 Å². The molecule has 0 fully saturated rings. The molecular formula is C18H18N4O2S. The molecule has 0 atom stereocenters. The predicted molar refractivity (Wildman–Crippen MR) is 98.5 cm³/mol. The van der Waals surface area contributed by atoms with Gasteiger partial charge in [0.1, 0.15) is 12.4 Å². The maximum atomic E-state index is 12.0. The minimum absolute atomic E-state index is 0.247. The van der Waals surface area contributed by atoms with E-state index < -0.39 is 0 Å². The van der Waals surface area contributed by atoms with Gasteiger partial charge in [0.2, 0.25) is 5.91 Å². The maximum Gasteiger partial charge on any atom is 0.249 e. The second kappa shape index (κ2) is 7.76. The summed E-state index contributed by atoms with van der Waals surface area (Å²) in [6.07, 6.45) is 4.95. The number of carbonyl (C=O) groups excluding carboxylic acids is 1. The number of hydrogen-bond donors (Lipinski definition) is 1. The third-order valence-corrected chi connectivity index (χ3v) is 4.16. The van der Waals surface area contributed by atoms with Gasteiger partial charge in [-0.1, -0.05) is 18.2 Å². The van der Waals surface area contributed by atoms with E-state index in [9.17, 15) is 4.79 Å². The first-order valence-corrected chi connectivity index (χ1v) is 8.59. The number of hydrogen-bond acceptors (Lipinski definition) is 5. The molecule has 0 radical (unpaired) electrons. The van der Waals surface area contributed by atoms with Crippen LogP contribution in [0.4, 0.5) is 5.82 Å². The van der Waals surface area contributed by atoms with Gasteiger partial charge in [0.25, 0.3) is 0 Å². The van der Waals surface area contributed by atoms with E-state index in [1.165, 1.54) is 6.08 Å². The molecule has 6 nitrogen and oxygen atoms in total. The summed E-state index contributed by atoms with van der Waals surface area (Å²) in [6.45, 7) is 2.36. The van der Waals surface area contributed by atoms with Gasteiger partial charge < -0.3 is 10.1 Å². The summed E-state index contributed by atoms with van der Waals surface area (Å²) >= 11 is 1.59. The highest BCUT2D eigenvalue weighted by Gasteiger charge is 2.05. The van der Waals surface area contributed by atoms with Gasteiger partial charge in [-0.2, -0.15) is 5.10 Å². The third kappa shape index (κ3) is 4.77. The number of thiazole rings is 1. The van der Waals surface area contributed by atoms with Crippen molar-refractivity contribution in [3.63, 3.8) is 0 Å². The molecule has 2 heterocycles. The molecule has 128 valence electrons. The Bertz CT molecular complexity index is 898. The molecule has 0 unspecified atom stereocenters. The minimum atomic E-state index is -0.247. The van der Waals surface area contributed by atoms with E-state index >= 15 is 0 Å². The van der Waals surface area contributed by atoms with E-state index in [2.05, 4.69) is 15.4 Å². The molecule has 0 aliphatic rings. The Labute approximate surface area is 149 Å². The SMILES string of the molecule is Cc1nc(COc2ccccc2C=CC(=O)Nc2ccn(C)n2)cs1. The van der Waals surface area contributed by atoms with E-state index in [1.54, 1.807) is 41.4 Å². The number of rotatable bonds is 6. The first kappa shape index (κ1) is 16.9. The zero-order valence-corrected chi connectivity index (χ0v) is 14.8. The molecule has 1 amide bonds. The van der Waals surface area contributed by atoms with Crippen molar-refractivity contribution in [3.8, 4) is 5.75 Å². The number of carbonyl (C=O) groups is 1. The molecule has 0 spiro atoms. The van der Waals surface area contributed by atoms with Crippen LogP contribution in [-0.2, 0) is 18.4 Å². The minimum Gasteiger partial charge on any atom is -0.487 e. The zero-order chi connectivity index (χ0) is 17.6. The standard InChI is InChI=1S/C18H18N4O2S/c1-13-19-15(12-25-13)11-24-16-6-4-3-5-14(16)7-8-18(23)20-17-9-10-22(2)21-17/h3-10,12H,11H2,1-2H3,(H,20,21,23). The van der Waals surface area contributed by atoms with Crippen molar-refractivity contribution in [1.82, 2.24) is 14.8 Å². The van der Waals surface area contributed by atoms with E-state index in [-0.39, 0.29) is 5.91 Å². The lowest BCUT2D eigenvalue weighted by molar-refractivity contribution is -0.111. The van der Waals surface area contributed by atoms with Crippen LogP contribution in [0.5, 0.6) is 5.75 Å². The largest absolute Gasteiger partial charge is 0.487 e. The van der Waals surface area contributed by atoms with Crippen molar-refractivity contribution >= 4 is 29.1 Å². The molecule has 0 aliphatic heterocycles. The van der Waals surface area contributed by atoms with Crippen LogP contribution in [0.25, 0.3) is 6.08 Å². The number of anilines is 1. The van der Waals surface area contributed by atoms with Gasteiger partial charge in [0.05, 0.1) is 10.7 Å². The Kier molecular flexibility index (Phi) is 5.25. The highest BCUT2D eigenvalue weighted by molar-refractivity contribution is 7.09. The van der Waals surface area contributed by atoms with Crippen LogP contribution in [-0.4, -0.2) is 20.7 Å². The summed E-state index contributed by atoms with van der Waals surface area (Å²) < 4.78 is 7.46. The van der Waals surface area contributed by atoms with E-state index in [0.29, 0.717) is 18.2 Å². The fraction of sp³-hybridized carbons (Fsp3) is 0.167. The van der Waals surface area contributed by atoms with Crippen molar-refractivity contribution < 1.29 is 9.53 Å². The third-order valence-electron chi connectivity index (χ3n) is 3.34. The van der Waals surface area contributed by atoms with Crippen molar-refractivity contribution in [3.05, 3.63) is 64.2 Å². The van der Waals surface area contributed by atoms with Crippen LogP contribution in [0.15, 0.2) is 48.0 Å². The summed E-state index contributed by atoms with van der Waals surface area (Å²) in [5.41, 5.74) is 1.72. The number of nitrogens with one attached hydrogen (secondary N) is 1. The van der Waals surface area contributed by atoms with Crippen molar-refractivity contribution in [1.29, 1.82) is 0 Å². The maximum absolute atomic E-state index is 12.0. The topological polar surface area (TPSA) is 69.0 Å². The molecule has 0 aliphatic carbocycles. The van der Waals surface area contributed by atoms with Gasteiger partial charge in [-0.15, -0.1) is 11.3 Å². The highest BCUT2D eigenvalue weighted by Crippen LogP contribution is 2.21. The molecule has 7 heteroatoms. The van der Waals surface area contributed by atoms with Crippen LogP contribution in [0, 0.1) is 6.92 Å². The summed E-state index contributed by atoms with van der Waals surface area (Å²) in [4.78, 5) is 16.4. The van der Waals surface area contributed by atoms with Gasteiger partial charge in [-0.3, -0.25) is 9.48 Å². The molecule has 25 heavy (non-hydrogen) atoms. The number of para-hydroxylation sites is 1. The predicted octanol–water partition coefficient (Wildman–Crippen LogP) is 3.42. The van der Waals surface area contributed by atoms with Crippen molar-refractivity contribution in [2.45, 2.75) is 13.5 Å². The molecule has 1 aromatic carbocycles. The average Bonchev–Trinajstić information content (AvgIpc) is 3.20. The lowest BCUT2D eigenvalue weighted by atomic mass is 10.2. The second-order valence-electron chi connectivity index (χ2n) is 5.38. The van der Waals surface area contributed by atoms with Crippen LogP contribution < -0.4 is 10.1 Å². The van der Waals surface area contributed by atoms with Gasteiger partial charge in [-0.25, -0.2) is 4.98 Å². The number of aromatic nitrogens is 3. The Morgan fingerprint density at radius 2 is 2.20 bits per heavy atom. The molecular weight excluding hydrogens is 336 g/mol. The zero-order valence-electron chi connectivity index (χ0n) is 14.0. The van der Waals surface area contributed by atoms with E-state index in [4.69, 9.17) is 4.74 Å². The lowest BCUT2D eigenvalue weighted by Crippen LogP contribution is -2.08. The number of amides is 1. The molecule has 2 aromatic heterocycles. The lowest BCUT2D eigenvalue weighted by Gasteiger charge is -2.07. The fourth-order valence-corrected chi connectivity index (χ4v) is 2.79. The smallest absolute Gasteiger partial charge is 0.249 e.